The van der Waals surface area contributed by atoms with Crippen LogP contribution < -0.4 is 14.8 Å². The molecule has 1 amide bonds. The van der Waals surface area contributed by atoms with Gasteiger partial charge in [-0.2, -0.15) is 4.31 Å². The van der Waals surface area contributed by atoms with Crippen molar-refractivity contribution in [2.75, 3.05) is 32.3 Å². The number of benzene rings is 1. The number of hydrogen-bond acceptors (Lipinski definition) is 5. The standard InChI is InChI=1S/C16H26N2O5S/c1-6-12(2)18(24(5,20)21)10-9-16(19)17-14-8-7-13(22-3)11-15(14)23-4/h7-8,11-12H,6,9-10H2,1-5H3,(H,17,19). The maximum atomic E-state index is 12.2. The zero-order chi connectivity index (χ0) is 18.3. The van der Waals surface area contributed by atoms with E-state index in [-0.39, 0.29) is 24.9 Å². The molecule has 1 N–H and O–H groups in total. The van der Waals surface area contributed by atoms with Crippen molar-refractivity contribution in [2.45, 2.75) is 32.7 Å². The zero-order valence-corrected chi connectivity index (χ0v) is 15.6. The van der Waals surface area contributed by atoms with E-state index in [1.807, 2.05) is 13.8 Å². The number of carbonyl (C=O) groups is 1. The minimum atomic E-state index is -3.35. The highest BCUT2D eigenvalue weighted by Crippen LogP contribution is 2.29. The number of rotatable bonds is 9. The fourth-order valence-electron chi connectivity index (χ4n) is 2.24. The van der Waals surface area contributed by atoms with Crippen molar-refractivity contribution in [1.82, 2.24) is 4.31 Å². The molecule has 24 heavy (non-hydrogen) atoms. The first-order valence-electron chi connectivity index (χ1n) is 7.71. The number of hydrogen-bond donors (Lipinski definition) is 1. The van der Waals surface area contributed by atoms with Crippen LogP contribution in [-0.2, 0) is 14.8 Å². The molecule has 0 radical (unpaired) electrons. The Balaban J connectivity index is 2.76. The topological polar surface area (TPSA) is 84.9 Å². The first kappa shape index (κ1) is 20.2. The largest absolute Gasteiger partial charge is 0.497 e. The van der Waals surface area contributed by atoms with Gasteiger partial charge in [0, 0.05) is 25.1 Å². The molecule has 0 spiro atoms. The molecule has 0 aliphatic rings. The molecule has 0 heterocycles. The summed E-state index contributed by atoms with van der Waals surface area (Å²) in [5, 5.41) is 2.74. The van der Waals surface area contributed by atoms with Crippen LogP contribution in [0.25, 0.3) is 0 Å². The summed E-state index contributed by atoms with van der Waals surface area (Å²) in [6.07, 6.45) is 1.90. The number of nitrogens with one attached hydrogen (secondary N) is 1. The first-order chi connectivity index (χ1) is 11.2. The van der Waals surface area contributed by atoms with Gasteiger partial charge in [-0.1, -0.05) is 6.92 Å². The van der Waals surface area contributed by atoms with Gasteiger partial charge >= 0.3 is 0 Å². The molecular formula is C16H26N2O5S. The molecule has 0 aromatic heterocycles. The monoisotopic (exact) mass is 358 g/mol. The average Bonchev–Trinajstić information content (AvgIpc) is 2.53. The highest BCUT2D eigenvalue weighted by atomic mass is 32.2. The predicted molar refractivity (Wildman–Crippen MR) is 94.1 cm³/mol. The summed E-state index contributed by atoms with van der Waals surface area (Å²) >= 11 is 0. The van der Waals surface area contributed by atoms with E-state index in [1.54, 1.807) is 25.3 Å². The van der Waals surface area contributed by atoms with E-state index >= 15 is 0 Å². The molecule has 1 aromatic rings. The van der Waals surface area contributed by atoms with Gasteiger partial charge in [-0.15, -0.1) is 0 Å². The van der Waals surface area contributed by atoms with Gasteiger partial charge in [-0.25, -0.2) is 8.42 Å². The summed E-state index contributed by atoms with van der Waals surface area (Å²) < 4.78 is 35.3. The lowest BCUT2D eigenvalue weighted by Crippen LogP contribution is -2.39. The number of amides is 1. The van der Waals surface area contributed by atoms with Crippen molar-refractivity contribution in [1.29, 1.82) is 0 Å². The van der Waals surface area contributed by atoms with Crippen molar-refractivity contribution < 1.29 is 22.7 Å². The lowest BCUT2D eigenvalue weighted by Gasteiger charge is -2.25. The van der Waals surface area contributed by atoms with E-state index in [9.17, 15) is 13.2 Å². The van der Waals surface area contributed by atoms with Crippen LogP contribution >= 0.6 is 0 Å². The van der Waals surface area contributed by atoms with Crippen LogP contribution in [0.1, 0.15) is 26.7 Å². The molecule has 136 valence electrons. The molecule has 1 atom stereocenters. The van der Waals surface area contributed by atoms with Crippen LogP contribution in [0.4, 0.5) is 5.69 Å². The summed E-state index contributed by atoms with van der Waals surface area (Å²) in [7, 11) is -0.312. The lowest BCUT2D eigenvalue weighted by atomic mass is 10.2. The maximum Gasteiger partial charge on any atom is 0.225 e. The number of ether oxygens (including phenoxy) is 2. The number of carbonyl (C=O) groups excluding carboxylic acids is 1. The highest BCUT2D eigenvalue weighted by molar-refractivity contribution is 7.88. The van der Waals surface area contributed by atoms with Gasteiger partial charge in [0.15, 0.2) is 0 Å². The Bertz CT molecular complexity index is 660. The van der Waals surface area contributed by atoms with Gasteiger partial charge in [0.25, 0.3) is 0 Å². The van der Waals surface area contributed by atoms with Gasteiger partial charge in [-0.3, -0.25) is 4.79 Å². The van der Waals surface area contributed by atoms with Gasteiger partial charge in [0.2, 0.25) is 15.9 Å². The molecule has 0 saturated carbocycles. The average molecular weight is 358 g/mol. The minimum Gasteiger partial charge on any atom is -0.497 e. The summed E-state index contributed by atoms with van der Waals surface area (Å²) in [4.78, 5) is 12.2. The smallest absolute Gasteiger partial charge is 0.225 e. The van der Waals surface area contributed by atoms with Crippen LogP contribution in [-0.4, -0.2) is 51.7 Å². The van der Waals surface area contributed by atoms with E-state index in [0.29, 0.717) is 23.6 Å². The molecule has 1 rings (SSSR count). The van der Waals surface area contributed by atoms with Gasteiger partial charge < -0.3 is 14.8 Å². The second kappa shape index (κ2) is 8.89. The molecule has 0 aliphatic carbocycles. The Morgan fingerprint density at radius 3 is 2.46 bits per heavy atom. The number of nitrogens with zero attached hydrogens (tertiary/aromatic N) is 1. The Labute approximate surface area is 144 Å². The quantitative estimate of drug-likeness (QED) is 0.731. The van der Waals surface area contributed by atoms with Crippen molar-refractivity contribution in [3.63, 3.8) is 0 Å². The van der Waals surface area contributed by atoms with Crippen molar-refractivity contribution >= 4 is 21.6 Å². The molecule has 1 unspecified atom stereocenters. The zero-order valence-electron chi connectivity index (χ0n) is 14.8. The summed E-state index contributed by atoms with van der Waals surface area (Å²) in [5.74, 6) is 0.810. The van der Waals surface area contributed by atoms with Crippen LogP contribution in [0.15, 0.2) is 18.2 Å². The summed E-state index contributed by atoms with van der Waals surface area (Å²) in [6.45, 7) is 3.87. The third-order valence-corrected chi connectivity index (χ3v) is 5.14. The van der Waals surface area contributed by atoms with E-state index in [0.717, 1.165) is 6.26 Å². The third-order valence-electron chi connectivity index (χ3n) is 3.75. The normalized spacial score (nSPS) is 12.8. The summed E-state index contributed by atoms with van der Waals surface area (Å²) in [5.41, 5.74) is 0.512. The minimum absolute atomic E-state index is 0.0621. The predicted octanol–water partition coefficient (Wildman–Crippen LogP) is 2.09. The van der Waals surface area contributed by atoms with Crippen LogP contribution in [0.5, 0.6) is 11.5 Å². The second-order valence-electron chi connectivity index (χ2n) is 5.50. The molecular weight excluding hydrogens is 332 g/mol. The Hall–Kier alpha value is -1.80. The van der Waals surface area contributed by atoms with Gasteiger partial charge in [-0.05, 0) is 25.5 Å². The van der Waals surface area contributed by atoms with Crippen molar-refractivity contribution in [3.05, 3.63) is 18.2 Å². The first-order valence-corrected chi connectivity index (χ1v) is 9.56. The maximum absolute atomic E-state index is 12.2. The molecule has 0 aliphatic heterocycles. The molecule has 0 fully saturated rings. The van der Waals surface area contributed by atoms with Crippen LogP contribution in [0, 0.1) is 0 Å². The van der Waals surface area contributed by atoms with E-state index < -0.39 is 10.0 Å². The third kappa shape index (κ3) is 5.68. The number of anilines is 1. The van der Waals surface area contributed by atoms with Gasteiger partial charge in [0.05, 0.1) is 26.2 Å². The van der Waals surface area contributed by atoms with Crippen molar-refractivity contribution in [2.24, 2.45) is 0 Å². The lowest BCUT2D eigenvalue weighted by molar-refractivity contribution is -0.116. The molecule has 1 aromatic carbocycles. The molecule has 0 bridgehead atoms. The fourth-order valence-corrected chi connectivity index (χ4v) is 3.47. The second-order valence-corrected chi connectivity index (χ2v) is 7.43. The van der Waals surface area contributed by atoms with Crippen molar-refractivity contribution in [3.8, 4) is 11.5 Å². The molecule has 7 nitrogen and oxygen atoms in total. The highest BCUT2D eigenvalue weighted by Gasteiger charge is 2.22. The summed E-state index contributed by atoms with van der Waals surface area (Å²) in [6, 6.07) is 4.90. The molecule has 8 heteroatoms. The Morgan fingerprint density at radius 2 is 1.96 bits per heavy atom. The van der Waals surface area contributed by atoms with E-state index in [1.165, 1.54) is 11.4 Å². The Morgan fingerprint density at radius 1 is 1.29 bits per heavy atom. The fraction of sp³-hybridized carbons (Fsp3) is 0.562. The van der Waals surface area contributed by atoms with Gasteiger partial charge in [0.1, 0.15) is 11.5 Å². The Kier molecular flexibility index (Phi) is 7.50. The van der Waals surface area contributed by atoms with Crippen LogP contribution in [0.2, 0.25) is 0 Å². The van der Waals surface area contributed by atoms with E-state index in [2.05, 4.69) is 5.32 Å². The number of methoxy groups -OCH3 is 2. The van der Waals surface area contributed by atoms with Crippen LogP contribution in [0.3, 0.4) is 0 Å². The van der Waals surface area contributed by atoms with E-state index in [4.69, 9.17) is 9.47 Å². The SMILES string of the molecule is CCC(C)N(CCC(=O)Nc1ccc(OC)cc1OC)S(C)(=O)=O. The number of sulfonamides is 1. The molecule has 0 saturated heterocycles.